The molecule has 2 aromatic carbocycles. The molecule has 20 heavy (non-hydrogen) atoms. The van der Waals surface area contributed by atoms with Gasteiger partial charge in [0.05, 0.1) is 0 Å². The largest absolute Gasteiger partial charge is 0.317 e. The van der Waals surface area contributed by atoms with Crippen molar-refractivity contribution in [1.29, 1.82) is 0 Å². The monoisotopic (exact) mass is 265 g/mol. The van der Waals surface area contributed by atoms with Gasteiger partial charge >= 0.3 is 0 Å². The minimum Gasteiger partial charge on any atom is -0.317 e. The molecule has 0 aliphatic carbocycles. The van der Waals surface area contributed by atoms with Crippen molar-refractivity contribution in [2.75, 3.05) is 13.1 Å². The summed E-state index contributed by atoms with van der Waals surface area (Å²) in [5.74, 6) is 0. The van der Waals surface area contributed by atoms with Crippen LogP contribution in [0.1, 0.15) is 25.8 Å². The van der Waals surface area contributed by atoms with Gasteiger partial charge in [-0.15, -0.1) is 0 Å². The zero-order chi connectivity index (χ0) is 14.2. The molecule has 104 valence electrons. The lowest BCUT2D eigenvalue weighted by molar-refractivity contribution is 0.727. The van der Waals surface area contributed by atoms with Crippen LogP contribution in [0.15, 0.2) is 60.7 Å². The van der Waals surface area contributed by atoms with Gasteiger partial charge in [-0.25, -0.2) is 0 Å². The van der Waals surface area contributed by atoms with E-state index >= 15 is 0 Å². The molecule has 0 fully saturated rings. The van der Waals surface area contributed by atoms with Crippen LogP contribution in [0.25, 0.3) is 16.7 Å². The Morgan fingerprint density at radius 1 is 0.950 bits per heavy atom. The van der Waals surface area contributed by atoms with E-state index in [9.17, 15) is 0 Å². The van der Waals surface area contributed by atoms with Crippen molar-refractivity contribution in [2.24, 2.45) is 0 Å². The van der Waals surface area contributed by atoms with Crippen molar-refractivity contribution in [3.05, 3.63) is 66.2 Å². The SMILES string of the molecule is CCNCCC=C(C)c1ccc(-c2ccccc2)cc1. The molecule has 2 rings (SSSR count). The second-order valence-corrected chi connectivity index (χ2v) is 4.97. The van der Waals surface area contributed by atoms with Gasteiger partial charge in [-0.1, -0.05) is 67.6 Å². The van der Waals surface area contributed by atoms with E-state index < -0.39 is 0 Å². The molecule has 1 heteroatoms. The molecule has 0 aliphatic rings. The lowest BCUT2D eigenvalue weighted by atomic mass is 10.0. The van der Waals surface area contributed by atoms with Gasteiger partial charge in [-0.2, -0.15) is 0 Å². The van der Waals surface area contributed by atoms with Crippen molar-refractivity contribution in [1.82, 2.24) is 5.32 Å². The maximum Gasteiger partial charge on any atom is -0.00142 e. The number of hydrogen-bond donors (Lipinski definition) is 1. The van der Waals surface area contributed by atoms with E-state index in [1.165, 1.54) is 22.3 Å². The third kappa shape index (κ3) is 4.07. The summed E-state index contributed by atoms with van der Waals surface area (Å²) < 4.78 is 0. The molecule has 1 nitrogen and oxygen atoms in total. The molecule has 0 spiro atoms. The van der Waals surface area contributed by atoms with Gasteiger partial charge in [0, 0.05) is 0 Å². The van der Waals surface area contributed by atoms with Crippen molar-refractivity contribution >= 4 is 5.57 Å². The van der Waals surface area contributed by atoms with Crippen LogP contribution in [-0.4, -0.2) is 13.1 Å². The quantitative estimate of drug-likeness (QED) is 0.743. The Labute approximate surface area is 122 Å². The minimum atomic E-state index is 1.04. The van der Waals surface area contributed by atoms with Gasteiger partial charge in [-0.05, 0) is 48.7 Å². The Morgan fingerprint density at radius 2 is 1.60 bits per heavy atom. The highest BCUT2D eigenvalue weighted by Crippen LogP contribution is 2.22. The smallest absolute Gasteiger partial charge is 0.00142 e. The number of nitrogens with one attached hydrogen (secondary N) is 1. The van der Waals surface area contributed by atoms with E-state index in [1.54, 1.807) is 0 Å². The Morgan fingerprint density at radius 3 is 2.25 bits per heavy atom. The number of hydrogen-bond acceptors (Lipinski definition) is 1. The van der Waals surface area contributed by atoms with Gasteiger partial charge in [0.15, 0.2) is 0 Å². The molecule has 2 aromatic rings. The van der Waals surface area contributed by atoms with E-state index in [0.29, 0.717) is 0 Å². The molecule has 0 aromatic heterocycles. The average Bonchev–Trinajstić information content (AvgIpc) is 2.52. The summed E-state index contributed by atoms with van der Waals surface area (Å²) in [7, 11) is 0. The Kier molecular flexibility index (Phi) is 5.57. The number of allylic oxidation sites excluding steroid dienone is 1. The summed E-state index contributed by atoms with van der Waals surface area (Å²) in [5, 5.41) is 3.34. The Balaban J connectivity index is 2.04. The van der Waals surface area contributed by atoms with Crippen LogP contribution in [0.2, 0.25) is 0 Å². The summed E-state index contributed by atoms with van der Waals surface area (Å²) in [4.78, 5) is 0. The van der Waals surface area contributed by atoms with Crippen LogP contribution >= 0.6 is 0 Å². The van der Waals surface area contributed by atoms with E-state index in [2.05, 4.69) is 79.8 Å². The van der Waals surface area contributed by atoms with E-state index in [0.717, 1.165) is 19.5 Å². The molecule has 0 amide bonds. The van der Waals surface area contributed by atoms with Crippen LogP contribution in [0.5, 0.6) is 0 Å². The summed E-state index contributed by atoms with van der Waals surface area (Å²) in [5.41, 5.74) is 5.20. The van der Waals surface area contributed by atoms with E-state index in [1.807, 2.05) is 0 Å². The highest BCUT2D eigenvalue weighted by molar-refractivity contribution is 5.69. The van der Waals surface area contributed by atoms with Gasteiger partial charge in [-0.3, -0.25) is 0 Å². The predicted octanol–water partition coefficient (Wildman–Crippen LogP) is 4.76. The lowest BCUT2D eigenvalue weighted by Gasteiger charge is -2.05. The van der Waals surface area contributed by atoms with Crippen LogP contribution in [0, 0.1) is 0 Å². The Bertz CT molecular complexity index is 538. The summed E-state index contributed by atoms with van der Waals surface area (Å²) in [6, 6.07) is 19.3. The molecular formula is C19H23N. The van der Waals surface area contributed by atoms with Crippen LogP contribution in [-0.2, 0) is 0 Å². The maximum atomic E-state index is 3.34. The van der Waals surface area contributed by atoms with Crippen molar-refractivity contribution in [2.45, 2.75) is 20.3 Å². The third-order valence-electron chi connectivity index (χ3n) is 3.47. The minimum absolute atomic E-state index is 1.04. The highest BCUT2D eigenvalue weighted by atomic mass is 14.8. The zero-order valence-electron chi connectivity index (χ0n) is 12.4. The first kappa shape index (κ1) is 14.5. The first-order valence-corrected chi connectivity index (χ1v) is 7.34. The maximum absolute atomic E-state index is 3.34. The Hall–Kier alpha value is -1.86. The van der Waals surface area contributed by atoms with Gasteiger partial charge in [0.25, 0.3) is 0 Å². The second-order valence-electron chi connectivity index (χ2n) is 4.97. The molecule has 0 saturated carbocycles. The van der Waals surface area contributed by atoms with E-state index in [-0.39, 0.29) is 0 Å². The molecule has 0 unspecified atom stereocenters. The second kappa shape index (κ2) is 7.66. The first-order chi connectivity index (χ1) is 9.81. The highest BCUT2D eigenvalue weighted by Gasteiger charge is 1.98. The zero-order valence-corrected chi connectivity index (χ0v) is 12.4. The third-order valence-corrected chi connectivity index (χ3v) is 3.47. The molecule has 0 saturated heterocycles. The molecule has 0 heterocycles. The van der Waals surface area contributed by atoms with Crippen LogP contribution < -0.4 is 5.32 Å². The summed E-state index contributed by atoms with van der Waals surface area (Å²) in [6.07, 6.45) is 3.39. The number of rotatable bonds is 6. The lowest BCUT2D eigenvalue weighted by Crippen LogP contribution is -2.13. The fraction of sp³-hybridized carbons (Fsp3) is 0.263. The summed E-state index contributed by atoms with van der Waals surface area (Å²) >= 11 is 0. The van der Waals surface area contributed by atoms with Crippen LogP contribution in [0.3, 0.4) is 0 Å². The van der Waals surface area contributed by atoms with Crippen molar-refractivity contribution in [3.63, 3.8) is 0 Å². The number of benzene rings is 2. The molecular weight excluding hydrogens is 242 g/mol. The molecule has 1 N–H and O–H groups in total. The van der Waals surface area contributed by atoms with E-state index in [4.69, 9.17) is 0 Å². The predicted molar refractivity (Wildman–Crippen MR) is 88.7 cm³/mol. The molecule has 0 atom stereocenters. The fourth-order valence-corrected chi connectivity index (χ4v) is 2.24. The first-order valence-electron chi connectivity index (χ1n) is 7.34. The summed E-state index contributed by atoms with van der Waals surface area (Å²) in [6.45, 7) is 6.41. The molecule has 0 radical (unpaired) electrons. The molecule has 0 bridgehead atoms. The van der Waals surface area contributed by atoms with Crippen LogP contribution in [0.4, 0.5) is 0 Å². The van der Waals surface area contributed by atoms with Crippen molar-refractivity contribution < 1.29 is 0 Å². The average molecular weight is 265 g/mol. The molecule has 0 aliphatic heterocycles. The van der Waals surface area contributed by atoms with Crippen molar-refractivity contribution in [3.8, 4) is 11.1 Å². The van der Waals surface area contributed by atoms with Gasteiger partial charge < -0.3 is 5.32 Å². The van der Waals surface area contributed by atoms with Gasteiger partial charge in [0.2, 0.25) is 0 Å². The fourth-order valence-electron chi connectivity index (χ4n) is 2.24. The normalized spacial score (nSPS) is 11.6. The topological polar surface area (TPSA) is 12.0 Å². The van der Waals surface area contributed by atoms with Gasteiger partial charge in [0.1, 0.15) is 0 Å². The standard InChI is InChI=1S/C19H23N/c1-3-20-15-7-8-16(2)17-11-13-19(14-12-17)18-9-5-4-6-10-18/h4-6,8-14,20H,3,7,15H2,1-2H3.